The second-order valence-electron chi connectivity index (χ2n) is 2.66. The smallest absolute Gasteiger partial charge is 0.111 e. The van der Waals surface area contributed by atoms with Gasteiger partial charge in [0.15, 0.2) is 0 Å². The molecule has 1 N–H and O–H groups in total. The Kier molecular flexibility index (Phi) is 2.44. The molecule has 0 rings (SSSR count). The maximum absolute atomic E-state index is 10.1. The van der Waals surface area contributed by atoms with Crippen molar-refractivity contribution in [2.75, 3.05) is 6.61 Å². The van der Waals surface area contributed by atoms with Gasteiger partial charge in [0.05, 0.1) is 5.60 Å². The normalized spacial score (nSPS) is 18.8. The van der Waals surface area contributed by atoms with Crippen LogP contribution in [-0.2, 0) is 5.11 Å². The standard InChI is InChI=1S/C6H13O2/c1-5(2)6(3,8)4-7/h5,8H,4H2,1-3H3. The molecule has 1 unspecified atom stereocenters. The Morgan fingerprint density at radius 3 is 2.00 bits per heavy atom. The largest absolute Gasteiger partial charge is 0.387 e. The minimum Gasteiger partial charge on any atom is -0.387 e. The lowest BCUT2D eigenvalue weighted by molar-refractivity contribution is -0.0576. The Bertz CT molecular complexity index is 66.9. The molecule has 8 heavy (non-hydrogen) atoms. The molecule has 0 aliphatic heterocycles. The van der Waals surface area contributed by atoms with Crippen molar-refractivity contribution in [3.8, 4) is 0 Å². The molecule has 1 radical (unpaired) electrons. The fraction of sp³-hybridized carbons (Fsp3) is 1.00. The second kappa shape index (κ2) is 2.46. The van der Waals surface area contributed by atoms with Crippen LogP contribution in [0.4, 0.5) is 0 Å². The molecule has 0 amide bonds. The van der Waals surface area contributed by atoms with Crippen LogP contribution < -0.4 is 0 Å². The van der Waals surface area contributed by atoms with Crippen molar-refractivity contribution >= 4 is 0 Å². The van der Waals surface area contributed by atoms with Crippen molar-refractivity contribution in [2.24, 2.45) is 5.92 Å². The molecule has 0 aliphatic carbocycles. The van der Waals surface area contributed by atoms with E-state index in [1.54, 1.807) is 6.92 Å². The Hall–Kier alpha value is -0.0800. The van der Waals surface area contributed by atoms with Crippen LogP contribution in [0.15, 0.2) is 0 Å². The first-order chi connectivity index (χ1) is 3.50. The zero-order valence-corrected chi connectivity index (χ0v) is 5.64. The van der Waals surface area contributed by atoms with Crippen LogP contribution in [0.2, 0.25) is 0 Å². The van der Waals surface area contributed by atoms with Gasteiger partial charge in [-0.05, 0) is 12.8 Å². The maximum atomic E-state index is 10.1. The molecule has 0 heterocycles. The van der Waals surface area contributed by atoms with Crippen LogP contribution in [-0.4, -0.2) is 17.3 Å². The summed E-state index contributed by atoms with van der Waals surface area (Å²) in [4.78, 5) is 0. The molecule has 1 atom stereocenters. The van der Waals surface area contributed by atoms with E-state index in [4.69, 9.17) is 5.11 Å². The maximum Gasteiger partial charge on any atom is 0.111 e. The highest BCUT2D eigenvalue weighted by molar-refractivity contribution is 4.73. The molecule has 0 bridgehead atoms. The SMILES string of the molecule is CC(C)C(C)(O)C[O]. The Morgan fingerprint density at radius 2 is 2.00 bits per heavy atom. The van der Waals surface area contributed by atoms with E-state index in [2.05, 4.69) is 0 Å². The van der Waals surface area contributed by atoms with Crippen LogP contribution in [0.5, 0.6) is 0 Å². The minimum absolute atomic E-state index is 0.0556. The summed E-state index contributed by atoms with van der Waals surface area (Å²) in [7, 11) is 0. The molecule has 2 heteroatoms. The zero-order chi connectivity index (χ0) is 6.78. The fourth-order valence-electron chi connectivity index (χ4n) is 0.167. The average molecular weight is 117 g/mol. The lowest BCUT2D eigenvalue weighted by Gasteiger charge is -2.23. The third kappa shape index (κ3) is 1.80. The highest BCUT2D eigenvalue weighted by Crippen LogP contribution is 2.13. The van der Waals surface area contributed by atoms with E-state index < -0.39 is 12.2 Å². The molecule has 2 nitrogen and oxygen atoms in total. The van der Waals surface area contributed by atoms with E-state index >= 15 is 0 Å². The molecule has 0 aromatic carbocycles. The van der Waals surface area contributed by atoms with Gasteiger partial charge in [0.25, 0.3) is 0 Å². The van der Waals surface area contributed by atoms with Crippen molar-refractivity contribution in [1.82, 2.24) is 0 Å². The van der Waals surface area contributed by atoms with Gasteiger partial charge in [-0.15, -0.1) is 0 Å². The number of hydrogen-bond acceptors (Lipinski definition) is 1. The summed E-state index contributed by atoms with van der Waals surface area (Å²) in [5.74, 6) is 0.0556. The van der Waals surface area contributed by atoms with Crippen LogP contribution >= 0.6 is 0 Å². The summed E-state index contributed by atoms with van der Waals surface area (Å²) in [6, 6.07) is 0. The molecule has 0 fully saturated rings. The lowest BCUT2D eigenvalue weighted by Crippen LogP contribution is -2.34. The molecule has 0 aromatic rings. The summed E-state index contributed by atoms with van der Waals surface area (Å²) in [6.07, 6.45) is 0. The van der Waals surface area contributed by atoms with E-state index in [9.17, 15) is 5.11 Å². The van der Waals surface area contributed by atoms with E-state index in [0.29, 0.717) is 0 Å². The van der Waals surface area contributed by atoms with E-state index in [1.807, 2.05) is 13.8 Å². The van der Waals surface area contributed by atoms with Gasteiger partial charge >= 0.3 is 0 Å². The van der Waals surface area contributed by atoms with Crippen molar-refractivity contribution in [1.29, 1.82) is 0 Å². The Morgan fingerprint density at radius 1 is 1.62 bits per heavy atom. The predicted molar refractivity (Wildman–Crippen MR) is 31.0 cm³/mol. The second-order valence-corrected chi connectivity index (χ2v) is 2.66. The zero-order valence-electron chi connectivity index (χ0n) is 5.64. The summed E-state index contributed by atoms with van der Waals surface area (Å²) < 4.78 is 0. The molecular weight excluding hydrogens is 104 g/mol. The molecule has 0 saturated heterocycles. The van der Waals surface area contributed by atoms with Crippen LogP contribution in [0.3, 0.4) is 0 Å². The van der Waals surface area contributed by atoms with Crippen molar-refractivity contribution < 1.29 is 10.2 Å². The van der Waals surface area contributed by atoms with Gasteiger partial charge in [0.2, 0.25) is 0 Å². The molecular formula is C6H13O2. The van der Waals surface area contributed by atoms with Crippen molar-refractivity contribution in [3.63, 3.8) is 0 Å². The number of aliphatic hydroxyl groups is 1. The highest BCUT2D eigenvalue weighted by atomic mass is 16.3. The van der Waals surface area contributed by atoms with Gasteiger partial charge in [-0.25, -0.2) is 5.11 Å². The first-order valence-electron chi connectivity index (χ1n) is 2.81. The van der Waals surface area contributed by atoms with E-state index in [-0.39, 0.29) is 5.92 Å². The molecule has 0 saturated carbocycles. The Balaban J connectivity index is 3.71. The molecule has 49 valence electrons. The van der Waals surface area contributed by atoms with Crippen LogP contribution in [0, 0.1) is 5.92 Å². The third-order valence-corrected chi connectivity index (χ3v) is 1.54. The quantitative estimate of drug-likeness (QED) is 0.571. The van der Waals surface area contributed by atoms with Crippen molar-refractivity contribution in [3.05, 3.63) is 0 Å². The third-order valence-electron chi connectivity index (χ3n) is 1.54. The average Bonchev–Trinajstić information content (AvgIpc) is 1.67. The first kappa shape index (κ1) is 7.92. The van der Waals surface area contributed by atoms with E-state index in [1.165, 1.54) is 0 Å². The van der Waals surface area contributed by atoms with Gasteiger partial charge in [-0.2, -0.15) is 0 Å². The predicted octanol–water partition coefficient (Wildman–Crippen LogP) is 0.824. The fourth-order valence-corrected chi connectivity index (χ4v) is 0.167. The number of hydrogen-bond donors (Lipinski definition) is 1. The monoisotopic (exact) mass is 117 g/mol. The number of rotatable bonds is 2. The minimum atomic E-state index is -1.01. The van der Waals surface area contributed by atoms with Gasteiger partial charge in [-0.1, -0.05) is 13.8 Å². The topological polar surface area (TPSA) is 40.1 Å². The van der Waals surface area contributed by atoms with Gasteiger partial charge in [0.1, 0.15) is 6.61 Å². The lowest BCUT2D eigenvalue weighted by atomic mass is 9.94. The van der Waals surface area contributed by atoms with Gasteiger partial charge in [0, 0.05) is 0 Å². The van der Waals surface area contributed by atoms with Crippen molar-refractivity contribution in [2.45, 2.75) is 26.4 Å². The Labute approximate surface area is 50.2 Å². The summed E-state index contributed by atoms with van der Waals surface area (Å²) in [5, 5.41) is 19.2. The summed E-state index contributed by atoms with van der Waals surface area (Å²) >= 11 is 0. The molecule has 0 spiro atoms. The first-order valence-corrected chi connectivity index (χ1v) is 2.81. The summed E-state index contributed by atoms with van der Waals surface area (Å²) in [6.45, 7) is 4.81. The van der Waals surface area contributed by atoms with E-state index in [0.717, 1.165) is 0 Å². The van der Waals surface area contributed by atoms with Crippen LogP contribution in [0.1, 0.15) is 20.8 Å². The van der Waals surface area contributed by atoms with Gasteiger partial charge < -0.3 is 5.11 Å². The van der Waals surface area contributed by atoms with Gasteiger partial charge in [-0.3, -0.25) is 0 Å². The molecule has 0 aliphatic rings. The van der Waals surface area contributed by atoms with Crippen LogP contribution in [0.25, 0.3) is 0 Å². The highest BCUT2D eigenvalue weighted by Gasteiger charge is 2.23. The molecule has 0 aromatic heterocycles. The summed E-state index contributed by atoms with van der Waals surface area (Å²) in [5.41, 5.74) is -1.01.